The Bertz CT molecular complexity index is 1490. The number of rotatable bonds is 5. The van der Waals surface area contributed by atoms with Crippen molar-refractivity contribution in [2.45, 2.75) is 42.3 Å². The molecule has 0 atom stereocenters. The lowest BCUT2D eigenvalue weighted by atomic mass is 9.79. The first-order valence-electron chi connectivity index (χ1n) is 11.7. The van der Waals surface area contributed by atoms with Crippen LogP contribution in [0.15, 0.2) is 41.7 Å². The van der Waals surface area contributed by atoms with Gasteiger partial charge in [0.15, 0.2) is 5.82 Å². The Morgan fingerprint density at radius 1 is 1.33 bits per heavy atom. The molecule has 5 N–H and O–H groups in total. The molecule has 0 radical (unpaired) electrons. The van der Waals surface area contributed by atoms with Gasteiger partial charge in [-0.25, -0.2) is 27.9 Å². The smallest absolute Gasteiger partial charge is 0.475 e. The monoisotopic (exact) mass is 529 g/mol. The quantitative estimate of drug-likeness (QED) is 0.373. The molecule has 192 valence electrons. The van der Waals surface area contributed by atoms with Gasteiger partial charge < -0.3 is 16.2 Å². The van der Waals surface area contributed by atoms with E-state index in [1.165, 1.54) is 36.8 Å². The molecule has 1 saturated carbocycles. The molecular formula is C20H21F3N8O4S. The van der Waals surface area contributed by atoms with Crippen molar-refractivity contribution in [3.63, 3.8) is 0 Å². The highest BCUT2D eigenvalue weighted by atomic mass is 32.2. The number of hydrogen-bond donors (Lipinski definition) is 4. The van der Waals surface area contributed by atoms with Crippen molar-refractivity contribution in [1.82, 2.24) is 35.0 Å². The lowest BCUT2D eigenvalue weighted by Gasteiger charge is -2.37. The molecule has 4 heterocycles. The number of carboxylic acids is 1. The molecule has 3 aromatic rings. The number of alkyl halides is 3. The number of anilines is 1. The lowest BCUT2D eigenvalue weighted by molar-refractivity contribution is -0.192. The van der Waals surface area contributed by atoms with E-state index in [2.05, 4.69) is 30.2 Å². The van der Waals surface area contributed by atoms with E-state index in [1.54, 1.807) is 0 Å². The Kier molecular flexibility index (Phi) is 5.47. The van der Waals surface area contributed by atoms with Gasteiger partial charge in [0.2, 0.25) is 15.8 Å². The van der Waals surface area contributed by atoms with Crippen molar-refractivity contribution in [1.29, 1.82) is 0 Å². The van der Waals surface area contributed by atoms with Crippen LogP contribution in [0.4, 0.5) is 19.0 Å². The van der Waals surface area contributed by atoms with Crippen LogP contribution in [0.2, 0.25) is 0 Å². The molecule has 0 amide bonds. The number of nitrogens with zero attached hydrogens (tertiary/aromatic N) is 5. The zero-order valence-electron chi connectivity index (χ0n) is 21.2. The summed E-state index contributed by atoms with van der Waals surface area (Å²) in [5, 5.41) is 18.3. The molecule has 3 aliphatic rings. The maximum absolute atomic E-state index is 13.1. The summed E-state index contributed by atoms with van der Waals surface area (Å²) >= 11 is 0. The summed E-state index contributed by atoms with van der Waals surface area (Å²) in [6.45, 7) is -1.94. The number of nitrogen functional groups attached to an aromatic ring is 1. The molecule has 2 saturated heterocycles. The summed E-state index contributed by atoms with van der Waals surface area (Å²) in [7, 11) is -3.89. The van der Waals surface area contributed by atoms with Crippen LogP contribution in [0.1, 0.15) is 22.5 Å². The van der Waals surface area contributed by atoms with Gasteiger partial charge in [-0.3, -0.25) is 0 Å². The molecule has 12 nitrogen and oxygen atoms in total. The number of carbonyl (C=O) groups is 1. The third kappa shape index (κ3) is 5.14. The maximum atomic E-state index is 13.1. The second kappa shape index (κ2) is 9.11. The van der Waals surface area contributed by atoms with Crippen LogP contribution in [-0.4, -0.2) is 68.8 Å². The largest absolute Gasteiger partial charge is 0.490 e. The molecular weight excluding hydrogens is 505 g/mol. The zero-order chi connectivity index (χ0) is 28.8. The first-order valence-corrected chi connectivity index (χ1v) is 11.7. The van der Waals surface area contributed by atoms with E-state index in [4.69, 9.17) is 19.7 Å². The van der Waals surface area contributed by atoms with Crippen LogP contribution >= 0.6 is 0 Å². The van der Waals surface area contributed by atoms with Gasteiger partial charge in [0.05, 0.1) is 29.2 Å². The van der Waals surface area contributed by atoms with E-state index in [0.717, 1.165) is 17.6 Å². The van der Waals surface area contributed by atoms with Crippen molar-refractivity contribution in [3.05, 3.63) is 42.4 Å². The molecule has 1 aromatic carbocycles. The van der Waals surface area contributed by atoms with E-state index in [-0.39, 0.29) is 33.4 Å². The minimum Gasteiger partial charge on any atom is -0.475 e. The summed E-state index contributed by atoms with van der Waals surface area (Å²) in [6, 6.07) is 4.23. The molecule has 0 spiro atoms. The fourth-order valence-corrected chi connectivity index (χ4v) is 5.32. The van der Waals surface area contributed by atoms with Crippen molar-refractivity contribution in [3.8, 4) is 17.1 Å². The number of benzene rings is 1. The average molecular weight is 530 g/mol. The summed E-state index contributed by atoms with van der Waals surface area (Å²) in [4.78, 5) is 18.5. The van der Waals surface area contributed by atoms with Crippen molar-refractivity contribution in [2.24, 2.45) is 0 Å². The predicted molar refractivity (Wildman–Crippen MR) is 119 cm³/mol. The molecule has 6 rings (SSSR count). The van der Waals surface area contributed by atoms with Gasteiger partial charge in [-0.15, -0.1) is 4.80 Å². The first kappa shape index (κ1) is 21.6. The maximum Gasteiger partial charge on any atom is 0.490 e. The number of nitrogens with one attached hydrogen (secondary N) is 2. The number of fused-ring (bicyclic) bond motifs is 1. The number of halogens is 3. The van der Waals surface area contributed by atoms with Crippen LogP contribution in [0, 0.1) is 6.85 Å². The molecule has 2 aliphatic heterocycles. The molecule has 1 aliphatic carbocycles. The number of nitrogens with two attached hydrogens (primary N) is 1. The second-order valence-corrected chi connectivity index (χ2v) is 9.85. The highest BCUT2D eigenvalue weighted by molar-refractivity contribution is 7.89. The number of hydrogen-bond acceptors (Lipinski definition) is 9. The van der Waals surface area contributed by atoms with Crippen LogP contribution in [-0.2, 0) is 14.8 Å². The Morgan fingerprint density at radius 2 is 2.00 bits per heavy atom. The van der Waals surface area contributed by atoms with Gasteiger partial charge >= 0.3 is 12.1 Å². The van der Waals surface area contributed by atoms with Gasteiger partial charge in [0, 0.05) is 27.8 Å². The van der Waals surface area contributed by atoms with Gasteiger partial charge in [-0.05, 0) is 37.4 Å². The SMILES string of the molecule is O=C(O)C(F)(F)F.[2H]C([2H])([2H])c1ccc(S(=O)(=O)NC23CNC(C2)C3)cc1-c1cnc(N)c(-n2nccn2)n1. The molecule has 0 unspecified atom stereocenters. The number of aliphatic carboxylic acids is 1. The van der Waals surface area contributed by atoms with Crippen molar-refractivity contribution in [2.75, 3.05) is 12.3 Å². The van der Waals surface area contributed by atoms with Crippen molar-refractivity contribution < 1.29 is 35.6 Å². The van der Waals surface area contributed by atoms with Gasteiger partial charge in [-0.1, -0.05) is 6.07 Å². The summed E-state index contributed by atoms with van der Waals surface area (Å²) in [5.74, 6) is -2.61. The Hall–Kier alpha value is -3.63. The van der Waals surface area contributed by atoms with E-state index in [1.807, 2.05) is 0 Å². The van der Waals surface area contributed by atoms with E-state index in [9.17, 15) is 21.6 Å². The van der Waals surface area contributed by atoms with E-state index < -0.39 is 34.6 Å². The first-order chi connectivity index (χ1) is 18.0. The number of aryl methyl sites for hydroxylation is 1. The van der Waals surface area contributed by atoms with Crippen LogP contribution in [0.3, 0.4) is 0 Å². The predicted octanol–water partition coefficient (Wildman–Crippen LogP) is 1.03. The topological polar surface area (TPSA) is 178 Å². The van der Waals surface area contributed by atoms with Crippen LogP contribution < -0.4 is 15.8 Å². The lowest BCUT2D eigenvalue weighted by Crippen LogP contribution is -2.54. The van der Waals surface area contributed by atoms with Gasteiger partial charge in [0.25, 0.3) is 0 Å². The summed E-state index contributed by atoms with van der Waals surface area (Å²) < 4.78 is 84.4. The second-order valence-electron chi connectivity index (χ2n) is 8.16. The number of sulfonamides is 1. The van der Waals surface area contributed by atoms with Crippen LogP contribution in [0.5, 0.6) is 0 Å². The van der Waals surface area contributed by atoms with Gasteiger partial charge in [0.1, 0.15) is 0 Å². The Balaban J connectivity index is 0.000000448. The molecule has 36 heavy (non-hydrogen) atoms. The fraction of sp³-hybridized carbons (Fsp3) is 0.350. The Labute approximate surface area is 207 Å². The summed E-state index contributed by atoms with van der Waals surface area (Å²) in [5.41, 5.74) is 5.60. The number of aromatic nitrogens is 5. The minimum atomic E-state index is -5.08. The van der Waals surface area contributed by atoms with Gasteiger partial charge in [-0.2, -0.15) is 23.4 Å². The highest BCUT2D eigenvalue weighted by Crippen LogP contribution is 2.39. The zero-order valence-corrected chi connectivity index (χ0v) is 19.0. The van der Waals surface area contributed by atoms with E-state index in [0.29, 0.717) is 12.6 Å². The minimum absolute atomic E-state index is 0.0400. The van der Waals surface area contributed by atoms with Crippen molar-refractivity contribution >= 4 is 21.8 Å². The molecule has 2 aromatic heterocycles. The highest BCUT2D eigenvalue weighted by Gasteiger charge is 2.52. The normalized spacial score (nSPS) is 22.4. The molecule has 2 bridgehead atoms. The summed E-state index contributed by atoms with van der Waals surface area (Å²) in [6.07, 6.45) is 0.546. The fourth-order valence-electron chi connectivity index (χ4n) is 3.87. The third-order valence-electron chi connectivity index (χ3n) is 5.56. The molecule has 3 fully saturated rings. The standard InChI is InChI=1S/C18H20N8O2S.C2HF3O2/c1-11-2-3-13(29(27,28)25-18-7-12(8-18)21-10-18)6-14(11)15-9-20-16(19)17(24-15)26-22-4-5-23-26;3-2(4,5)1(6)7/h2-6,9,12,21,25H,7-8,10H2,1H3,(H2,19,20);(H,6,7)/i1D3;. The third-order valence-corrected chi connectivity index (χ3v) is 7.14. The average Bonchev–Trinajstić information content (AvgIpc) is 3.56. The molecule has 16 heteroatoms. The number of carboxylic acid groups (broad SMARTS) is 1. The van der Waals surface area contributed by atoms with E-state index >= 15 is 0 Å². The van der Waals surface area contributed by atoms with Crippen LogP contribution in [0.25, 0.3) is 17.1 Å². The Morgan fingerprint density at radius 3 is 2.56 bits per heavy atom.